The molecule has 0 aliphatic heterocycles. The van der Waals surface area contributed by atoms with E-state index in [0.717, 1.165) is 31.6 Å². The number of carbonyl (C=O) groups excluding carboxylic acids is 1. The van der Waals surface area contributed by atoms with E-state index < -0.39 is 0 Å². The molecule has 1 N–H and O–H groups in total. The summed E-state index contributed by atoms with van der Waals surface area (Å²) in [7, 11) is 0. The molecule has 3 heteroatoms. The van der Waals surface area contributed by atoms with Crippen LogP contribution in [0.1, 0.15) is 45.4 Å². The molecule has 0 spiro atoms. The minimum absolute atomic E-state index is 0.121. The maximum absolute atomic E-state index is 11.3. The van der Waals surface area contributed by atoms with Crippen molar-refractivity contribution in [1.29, 1.82) is 0 Å². The predicted octanol–water partition coefficient (Wildman–Crippen LogP) is 2.08. The number of nitrogens with zero attached hydrogens (tertiary/aromatic N) is 1. The van der Waals surface area contributed by atoms with Gasteiger partial charge in [-0.05, 0) is 44.4 Å². The summed E-state index contributed by atoms with van der Waals surface area (Å²) in [4.78, 5) is 11.3. The third-order valence-corrected chi connectivity index (χ3v) is 3.02. The standard InChI is InChI=1S/C11H18N2O/c1-8-3-2-4-10(7-8)12-13-11(14)9-5-6-9/h8-9H,2-7H2,1H3,(H,13,14)/b12-10+/t8-/m0/s1. The number of nitrogens with one attached hydrogen (secondary N) is 1. The second-order valence-corrected chi connectivity index (χ2v) is 4.63. The van der Waals surface area contributed by atoms with Gasteiger partial charge in [0.15, 0.2) is 0 Å². The number of carbonyl (C=O) groups is 1. The lowest BCUT2D eigenvalue weighted by atomic mass is 9.89. The number of hydrogen-bond donors (Lipinski definition) is 1. The Labute approximate surface area is 85.0 Å². The van der Waals surface area contributed by atoms with E-state index in [0.29, 0.717) is 0 Å². The molecule has 1 amide bonds. The van der Waals surface area contributed by atoms with Crippen molar-refractivity contribution < 1.29 is 4.79 Å². The zero-order valence-electron chi connectivity index (χ0n) is 8.75. The first-order chi connectivity index (χ1) is 6.75. The molecule has 0 saturated heterocycles. The Morgan fingerprint density at radius 3 is 2.86 bits per heavy atom. The first-order valence-corrected chi connectivity index (χ1v) is 5.61. The summed E-state index contributed by atoms with van der Waals surface area (Å²) in [6.07, 6.45) is 6.75. The Hall–Kier alpha value is -0.860. The molecule has 78 valence electrons. The molecule has 0 radical (unpaired) electrons. The van der Waals surface area contributed by atoms with Gasteiger partial charge in [0.25, 0.3) is 0 Å². The van der Waals surface area contributed by atoms with Crippen molar-refractivity contribution in [3.8, 4) is 0 Å². The summed E-state index contributed by atoms with van der Waals surface area (Å²) in [6, 6.07) is 0. The highest BCUT2D eigenvalue weighted by molar-refractivity contribution is 5.87. The predicted molar refractivity (Wildman–Crippen MR) is 55.9 cm³/mol. The molecule has 0 aromatic rings. The second kappa shape index (κ2) is 4.11. The van der Waals surface area contributed by atoms with Gasteiger partial charge in [-0.1, -0.05) is 6.92 Å². The van der Waals surface area contributed by atoms with E-state index in [1.165, 1.54) is 18.6 Å². The van der Waals surface area contributed by atoms with Crippen LogP contribution < -0.4 is 5.43 Å². The van der Waals surface area contributed by atoms with Gasteiger partial charge in [0.05, 0.1) is 0 Å². The van der Waals surface area contributed by atoms with Crippen molar-refractivity contribution >= 4 is 11.6 Å². The Morgan fingerprint density at radius 1 is 1.43 bits per heavy atom. The molecule has 2 fully saturated rings. The fourth-order valence-corrected chi connectivity index (χ4v) is 1.93. The molecule has 1 atom stereocenters. The zero-order valence-corrected chi connectivity index (χ0v) is 8.75. The quantitative estimate of drug-likeness (QED) is 0.672. The maximum atomic E-state index is 11.3. The highest BCUT2D eigenvalue weighted by Crippen LogP contribution is 2.28. The van der Waals surface area contributed by atoms with Crippen LogP contribution in [0.25, 0.3) is 0 Å². The molecule has 0 aromatic heterocycles. The van der Waals surface area contributed by atoms with E-state index >= 15 is 0 Å². The third-order valence-electron chi connectivity index (χ3n) is 3.02. The largest absolute Gasteiger partial charge is 0.273 e. The fourth-order valence-electron chi connectivity index (χ4n) is 1.93. The number of rotatable bonds is 2. The maximum Gasteiger partial charge on any atom is 0.243 e. The van der Waals surface area contributed by atoms with E-state index in [1.54, 1.807) is 0 Å². The minimum atomic E-state index is 0.121. The van der Waals surface area contributed by atoms with Crippen molar-refractivity contribution in [3.63, 3.8) is 0 Å². The van der Waals surface area contributed by atoms with Gasteiger partial charge in [0.2, 0.25) is 5.91 Å². The lowest BCUT2D eigenvalue weighted by molar-refractivity contribution is -0.122. The van der Waals surface area contributed by atoms with Crippen LogP contribution in [0.3, 0.4) is 0 Å². The van der Waals surface area contributed by atoms with Gasteiger partial charge in [0, 0.05) is 11.6 Å². The van der Waals surface area contributed by atoms with Crippen molar-refractivity contribution in [2.24, 2.45) is 16.9 Å². The number of hydrogen-bond acceptors (Lipinski definition) is 2. The van der Waals surface area contributed by atoms with Crippen LogP contribution >= 0.6 is 0 Å². The summed E-state index contributed by atoms with van der Waals surface area (Å²) in [6.45, 7) is 2.25. The molecule has 0 bridgehead atoms. The number of hydrazone groups is 1. The van der Waals surface area contributed by atoms with Crippen LogP contribution in [0.15, 0.2) is 5.10 Å². The molecule has 0 aromatic carbocycles. The highest BCUT2D eigenvalue weighted by atomic mass is 16.2. The topological polar surface area (TPSA) is 41.5 Å². The van der Waals surface area contributed by atoms with Crippen molar-refractivity contribution in [2.45, 2.75) is 45.4 Å². The summed E-state index contributed by atoms with van der Waals surface area (Å²) in [5, 5.41) is 4.21. The fraction of sp³-hybridized carbons (Fsp3) is 0.818. The van der Waals surface area contributed by atoms with Crippen LogP contribution in [0.4, 0.5) is 0 Å². The monoisotopic (exact) mass is 194 g/mol. The first-order valence-electron chi connectivity index (χ1n) is 5.61. The van der Waals surface area contributed by atoms with Gasteiger partial charge in [-0.25, -0.2) is 5.43 Å². The Morgan fingerprint density at radius 2 is 2.21 bits per heavy atom. The van der Waals surface area contributed by atoms with Crippen molar-refractivity contribution in [1.82, 2.24) is 5.43 Å². The van der Waals surface area contributed by atoms with Crippen LogP contribution in [0.5, 0.6) is 0 Å². The van der Waals surface area contributed by atoms with Gasteiger partial charge in [-0.2, -0.15) is 5.10 Å². The first kappa shape index (κ1) is 9.69. The molecule has 14 heavy (non-hydrogen) atoms. The molecule has 2 aliphatic carbocycles. The molecule has 0 unspecified atom stereocenters. The Balaban J connectivity index is 1.80. The highest BCUT2D eigenvalue weighted by Gasteiger charge is 2.29. The van der Waals surface area contributed by atoms with Crippen molar-refractivity contribution in [3.05, 3.63) is 0 Å². The third kappa shape index (κ3) is 2.56. The molecule has 3 nitrogen and oxygen atoms in total. The second-order valence-electron chi connectivity index (χ2n) is 4.63. The van der Waals surface area contributed by atoms with Gasteiger partial charge in [-0.3, -0.25) is 4.79 Å². The van der Waals surface area contributed by atoms with Crippen LogP contribution in [0, 0.1) is 11.8 Å². The molecule has 2 saturated carbocycles. The summed E-state index contributed by atoms with van der Waals surface area (Å²) in [5.74, 6) is 1.12. The van der Waals surface area contributed by atoms with Gasteiger partial charge >= 0.3 is 0 Å². The lowest BCUT2D eigenvalue weighted by Crippen LogP contribution is -2.23. The summed E-state index contributed by atoms with van der Waals surface area (Å²) >= 11 is 0. The van der Waals surface area contributed by atoms with Gasteiger partial charge in [0.1, 0.15) is 0 Å². The average Bonchev–Trinajstić information content (AvgIpc) is 2.97. The molecule has 2 aliphatic rings. The molecular weight excluding hydrogens is 176 g/mol. The average molecular weight is 194 g/mol. The van der Waals surface area contributed by atoms with E-state index in [4.69, 9.17) is 0 Å². The van der Waals surface area contributed by atoms with E-state index in [1.807, 2.05) is 0 Å². The van der Waals surface area contributed by atoms with Crippen molar-refractivity contribution in [2.75, 3.05) is 0 Å². The lowest BCUT2D eigenvalue weighted by Gasteiger charge is -2.18. The van der Waals surface area contributed by atoms with E-state index in [9.17, 15) is 4.79 Å². The molecular formula is C11H18N2O. The van der Waals surface area contributed by atoms with Crippen LogP contribution in [-0.4, -0.2) is 11.6 Å². The molecule has 0 heterocycles. The summed E-state index contributed by atoms with van der Waals surface area (Å²) in [5.41, 5.74) is 3.86. The van der Waals surface area contributed by atoms with E-state index in [2.05, 4.69) is 17.5 Å². The molecule has 2 rings (SSSR count). The normalized spacial score (nSPS) is 30.4. The number of amides is 1. The summed E-state index contributed by atoms with van der Waals surface area (Å²) < 4.78 is 0. The van der Waals surface area contributed by atoms with Gasteiger partial charge in [-0.15, -0.1) is 0 Å². The SMILES string of the molecule is C[C@H]1CCC/C(=N\NC(=O)C2CC2)C1. The Kier molecular flexibility index (Phi) is 2.85. The minimum Gasteiger partial charge on any atom is -0.273 e. The zero-order chi connectivity index (χ0) is 9.97. The smallest absolute Gasteiger partial charge is 0.243 e. The van der Waals surface area contributed by atoms with Gasteiger partial charge < -0.3 is 0 Å². The van der Waals surface area contributed by atoms with Crippen LogP contribution in [-0.2, 0) is 4.79 Å². The van der Waals surface area contributed by atoms with E-state index in [-0.39, 0.29) is 11.8 Å². The Bertz CT molecular complexity index is 256. The van der Waals surface area contributed by atoms with Crippen LogP contribution in [0.2, 0.25) is 0 Å².